The minimum Gasteiger partial charge on any atom is -0.476 e. The van der Waals surface area contributed by atoms with Gasteiger partial charge < -0.3 is 9.84 Å². The molecule has 0 aliphatic heterocycles. The number of carbonyl (C=O) groups is 1. The van der Waals surface area contributed by atoms with Crippen molar-refractivity contribution in [3.05, 3.63) is 75.0 Å². The topological polar surface area (TPSA) is 107 Å². The van der Waals surface area contributed by atoms with E-state index in [0.29, 0.717) is 22.6 Å². The van der Waals surface area contributed by atoms with Crippen molar-refractivity contribution in [2.24, 2.45) is 0 Å². The molecule has 0 amide bonds. The summed E-state index contributed by atoms with van der Waals surface area (Å²) in [5.41, 5.74) is 2.36. The van der Waals surface area contributed by atoms with Crippen LogP contribution in [-0.2, 0) is 0 Å². The summed E-state index contributed by atoms with van der Waals surface area (Å²) in [6, 6.07) is 11.7. The second-order valence-corrected chi connectivity index (χ2v) is 6.14. The standard InChI is InChI=1S/C19H17N3O5/c1-11-4-6-14(7-5-11)21-18(13(3)17(20-21)19(23)24)27-15-8-9-16(22(25)26)12(2)10-15/h4-10H,1-3H3,(H,23,24). The van der Waals surface area contributed by atoms with Crippen LogP contribution in [0.25, 0.3) is 5.69 Å². The van der Waals surface area contributed by atoms with Crippen molar-refractivity contribution in [3.63, 3.8) is 0 Å². The molecule has 0 bridgehead atoms. The monoisotopic (exact) mass is 367 g/mol. The Morgan fingerprint density at radius 2 is 1.81 bits per heavy atom. The van der Waals surface area contributed by atoms with Crippen LogP contribution >= 0.6 is 0 Å². The summed E-state index contributed by atoms with van der Waals surface area (Å²) in [7, 11) is 0. The molecule has 0 fully saturated rings. The molecular formula is C19H17N3O5. The minimum atomic E-state index is -1.16. The zero-order chi connectivity index (χ0) is 19.7. The number of nitrogens with zero attached hydrogens (tertiary/aromatic N) is 3. The highest BCUT2D eigenvalue weighted by molar-refractivity contribution is 5.88. The SMILES string of the molecule is Cc1ccc(-n2nc(C(=O)O)c(C)c2Oc2ccc([N+](=O)[O-])c(C)c2)cc1. The van der Waals surface area contributed by atoms with Gasteiger partial charge in [-0.1, -0.05) is 17.7 Å². The Labute approximate surface area is 154 Å². The van der Waals surface area contributed by atoms with E-state index in [1.807, 2.05) is 19.1 Å². The molecule has 0 atom stereocenters. The molecule has 1 heterocycles. The van der Waals surface area contributed by atoms with Crippen LogP contribution in [0.4, 0.5) is 5.69 Å². The lowest BCUT2D eigenvalue weighted by atomic mass is 10.2. The number of nitro benzene ring substituents is 1. The molecule has 3 rings (SSSR count). The molecule has 8 nitrogen and oxygen atoms in total. The highest BCUT2D eigenvalue weighted by Crippen LogP contribution is 2.32. The van der Waals surface area contributed by atoms with Crippen molar-refractivity contribution >= 4 is 11.7 Å². The van der Waals surface area contributed by atoms with Crippen LogP contribution in [0.2, 0.25) is 0 Å². The number of hydrogen-bond acceptors (Lipinski definition) is 5. The van der Waals surface area contributed by atoms with Crippen molar-refractivity contribution in [2.45, 2.75) is 20.8 Å². The van der Waals surface area contributed by atoms with E-state index >= 15 is 0 Å². The van der Waals surface area contributed by atoms with Crippen molar-refractivity contribution in [2.75, 3.05) is 0 Å². The van der Waals surface area contributed by atoms with Crippen LogP contribution in [0.3, 0.4) is 0 Å². The van der Waals surface area contributed by atoms with Gasteiger partial charge in [0.2, 0.25) is 5.88 Å². The molecular weight excluding hydrogens is 350 g/mol. The molecule has 3 aromatic rings. The van der Waals surface area contributed by atoms with E-state index < -0.39 is 10.9 Å². The highest BCUT2D eigenvalue weighted by atomic mass is 16.6. The molecule has 2 aromatic carbocycles. The van der Waals surface area contributed by atoms with Gasteiger partial charge in [-0.15, -0.1) is 0 Å². The van der Waals surface area contributed by atoms with E-state index in [1.165, 1.54) is 22.9 Å². The maximum Gasteiger partial charge on any atom is 0.356 e. The summed E-state index contributed by atoms with van der Waals surface area (Å²) in [5.74, 6) is -0.570. The second-order valence-electron chi connectivity index (χ2n) is 6.14. The van der Waals surface area contributed by atoms with Crippen molar-refractivity contribution in [1.29, 1.82) is 0 Å². The molecule has 0 radical (unpaired) electrons. The molecule has 1 aromatic heterocycles. The molecule has 0 saturated heterocycles. The lowest BCUT2D eigenvalue weighted by Crippen LogP contribution is -2.02. The van der Waals surface area contributed by atoms with Crippen LogP contribution in [-0.4, -0.2) is 25.8 Å². The van der Waals surface area contributed by atoms with E-state index in [0.717, 1.165) is 5.56 Å². The fraction of sp³-hybridized carbons (Fsp3) is 0.158. The first kappa shape index (κ1) is 18.1. The Bertz CT molecular complexity index is 1040. The summed E-state index contributed by atoms with van der Waals surface area (Å²) in [6.45, 7) is 5.16. The Morgan fingerprint density at radius 3 is 2.37 bits per heavy atom. The molecule has 0 aliphatic rings. The van der Waals surface area contributed by atoms with Crippen LogP contribution < -0.4 is 4.74 Å². The van der Waals surface area contributed by atoms with Crippen LogP contribution in [0.5, 0.6) is 11.6 Å². The van der Waals surface area contributed by atoms with Crippen LogP contribution in [0, 0.1) is 30.9 Å². The number of carboxylic acid groups (broad SMARTS) is 1. The lowest BCUT2D eigenvalue weighted by Gasteiger charge is -2.11. The van der Waals surface area contributed by atoms with Gasteiger partial charge in [0.1, 0.15) is 5.75 Å². The molecule has 1 N–H and O–H groups in total. The fourth-order valence-electron chi connectivity index (χ4n) is 2.67. The first-order valence-electron chi connectivity index (χ1n) is 8.10. The fourth-order valence-corrected chi connectivity index (χ4v) is 2.67. The summed E-state index contributed by atoms with van der Waals surface area (Å²) >= 11 is 0. The Balaban J connectivity index is 2.08. The van der Waals surface area contributed by atoms with Gasteiger partial charge >= 0.3 is 5.97 Å². The van der Waals surface area contributed by atoms with Gasteiger partial charge in [0, 0.05) is 17.2 Å². The predicted octanol–water partition coefficient (Wildman–Crippen LogP) is 4.20. The first-order valence-corrected chi connectivity index (χ1v) is 8.10. The predicted molar refractivity (Wildman–Crippen MR) is 97.9 cm³/mol. The maximum absolute atomic E-state index is 11.5. The first-order chi connectivity index (χ1) is 12.8. The number of rotatable bonds is 5. The van der Waals surface area contributed by atoms with E-state index in [-0.39, 0.29) is 17.3 Å². The summed E-state index contributed by atoms with van der Waals surface area (Å²) in [4.78, 5) is 22.0. The van der Waals surface area contributed by atoms with Crippen molar-refractivity contribution < 1.29 is 19.6 Å². The Hall–Kier alpha value is -3.68. The average Bonchev–Trinajstić information content (AvgIpc) is 2.92. The van der Waals surface area contributed by atoms with Gasteiger partial charge in [0.15, 0.2) is 5.69 Å². The quantitative estimate of drug-likeness (QED) is 0.535. The van der Waals surface area contributed by atoms with E-state index in [2.05, 4.69) is 5.10 Å². The minimum absolute atomic E-state index is 0.0164. The van der Waals surface area contributed by atoms with Gasteiger partial charge in [-0.05, 0) is 45.0 Å². The number of nitro groups is 1. The van der Waals surface area contributed by atoms with Crippen LogP contribution in [0.1, 0.15) is 27.2 Å². The van der Waals surface area contributed by atoms with Crippen molar-refractivity contribution in [3.8, 4) is 17.3 Å². The summed E-state index contributed by atoms with van der Waals surface area (Å²) in [6.07, 6.45) is 0. The normalized spacial score (nSPS) is 10.6. The zero-order valence-electron chi connectivity index (χ0n) is 15.0. The third-order valence-corrected chi connectivity index (χ3v) is 4.13. The number of aromatic carboxylic acids is 1. The third-order valence-electron chi connectivity index (χ3n) is 4.13. The number of aromatic nitrogens is 2. The largest absolute Gasteiger partial charge is 0.476 e. The van der Waals surface area contributed by atoms with E-state index in [9.17, 15) is 20.0 Å². The number of benzene rings is 2. The number of ether oxygens (including phenoxy) is 1. The van der Waals surface area contributed by atoms with E-state index in [4.69, 9.17) is 4.74 Å². The highest BCUT2D eigenvalue weighted by Gasteiger charge is 2.23. The smallest absolute Gasteiger partial charge is 0.356 e. The average molecular weight is 367 g/mol. The maximum atomic E-state index is 11.5. The molecule has 0 saturated carbocycles. The van der Waals surface area contributed by atoms with Gasteiger partial charge in [-0.3, -0.25) is 10.1 Å². The van der Waals surface area contributed by atoms with Crippen molar-refractivity contribution in [1.82, 2.24) is 9.78 Å². The lowest BCUT2D eigenvalue weighted by molar-refractivity contribution is -0.385. The van der Waals surface area contributed by atoms with Gasteiger partial charge in [-0.2, -0.15) is 9.78 Å². The number of carboxylic acids is 1. The molecule has 0 unspecified atom stereocenters. The third kappa shape index (κ3) is 3.50. The molecule has 0 spiro atoms. The van der Waals surface area contributed by atoms with Crippen LogP contribution in [0.15, 0.2) is 42.5 Å². The molecule has 8 heteroatoms. The summed E-state index contributed by atoms with van der Waals surface area (Å²) < 4.78 is 7.30. The second kappa shape index (κ2) is 6.91. The van der Waals surface area contributed by atoms with Gasteiger partial charge in [-0.25, -0.2) is 4.79 Å². The molecule has 138 valence electrons. The molecule has 0 aliphatic carbocycles. The molecule has 27 heavy (non-hydrogen) atoms. The number of hydrogen-bond donors (Lipinski definition) is 1. The van der Waals surface area contributed by atoms with Gasteiger partial charge in [0.25, 0.3) is 5.69 Å². The Kier molecular flexibility index (Phi) is 4.64. The van der Waals surface area contributed by atoms with Gasteiger partial charge in [0.05, 0.1) is 10.6 Å². The van der Waals surface area contributed by atoms with E-state index in [1.54, 1.807) is 26.0 Å². The Morgan fingerprint density at radius 1 is 1.15 bits per heavy atom. The summed E-state index contributed by atoms with van der Waals surface area (Å²) in [5, 5.41) is 24.5. The number of aryl methyl sites for hydroxylation is 2. The zero-order valence-corrected chi connectivity index (χ0v) is 15.0.